The van der Waals surface area contributed by atoms with Gasteiger partial charge in [0.2, 0.25) is 0 Å². The number of rotatable bonds is 1. The molecule has 0 bridgehead atoms. The zero-order valence-electron chi connectivity index (χ0n) is 7.39. The molecule has 0 saturated carbocycles. The van der Waals surface area contributed by atoms with Gasteiger partial charge in [-0.25, -0.2) is 10.8 Å². The second-order valence-corrected chi connectivity index (χ2v) is 3.31. The molecule has 0 saturated heterocycles. The summed E-state index contributed by atoms with van der Waals surface area (Å²) in [6, 6.07) is 7.40. The van der Waals surface area contributed by atoms with Gasteiger partial charge in [-0.05, 0) is 12.1 Å². The third kappa shape index (κ3) is 1.76. The van der Waals surface area contributed by atoms with Crippen LogP contribution in [0.4, 0.5) is 0 Å². The van der Waals surface area contributed by atoms with Crippen molar-refractivity contribution in [3.63, 3.8) is 0 Å². The quantitative estimate of drug-likeness (QED) is 0.707. The lowest BCUT2D eigenvalue weighted by molar-refractivity contribution is 0.452. The van der Waals surface area contributed by atoms with Gasteiger partial charge in [0.1, 0.15) is 13.0 Å². The Morgan fingerprint density at radius 1 is 1.43 bits per heavy atom. The zero-order valence-corrected chi connectivity index (χ0v) is 8.15. The van der Waals surface area contributed by atoms with Crippen LogP contribution in [0.1, 0.15) is 5.56 Å². The van der Waals surface area contributed by atoms with Crippen LogP contribution in [-0.4, -0.2) is 23.9 Å². The summed E-state index contributed by atoms with van der Waals surface area (Å²) in [5, 5.41) is 2.15. The first-order chi connectivity index (χ1) is 6.77. The van der Waals surface area contributed by atoms with Gasteiger partial charge < -0.3 is 0 Å². The number of aliphatic imine (C=N–C) groups is 2. The van der Waals surface area contributed by atoms with E-state index < -0.39 is 0 Å². The molecule has 1 aromatic rings. The maximum Gasteiger partial charge on any atom is 0.153 e. The molecule has 0 aliphatic carbocycles. The van der Waals surface area contributed by atoms with E-state index in [9.17, 15) is 0 Å². The second kappa shape index (κ2) is 3.77. The number of hydrogen-bond acceptors (Lipinski definition) is 4. The van der Waals surface area contributed by atoms with E-state index in [0.717, 1.165) is 5.56 Å². The van der Waals surface area contributed by atoms with E-state index in [1.807, 2.05) is 24.3 Å². The number of hydrazine groups is 1. The number of benzene rings is 1. The van der Waals surface area contributed by atoms with Crippen molar-refractivity contribution in [3.8, 4) is 0 Å². The molecule has 0 radical (unpaired) electrons. The SMILES string of the molecule is NN1CN=CN=C1c1cccc(Cl)c1. The highest BCUT2D eigenvalue weighted by atomic mass is 35.5. The van der Waals surface area contributed by atoms with Gasteiger partial charge in [-0.1, -0.05) is 23.7 Å². The summed E-state index contributed by atoms with van der Waals surface area (Å²) in [4.78, 5) is 8.00. The summed E-state index contributed by atoms with van der Waals surface area (Å²) < 4.78 is 0. The molecule has 1 aliphatic rings. The molecule has 0 unspecified atom stereocenters. The number of hydrogen-bond donors (Lipinski definition) is 1. The Morgan fingerprint density at radius 2 is 2.29 bits per heavy atom. The lowest BCUT2D eigenvalue weighted by Gasteiger charge is -2.20. The first-order valence-electron chi connectivity index (χ1n) is 4.11. The Bertz CT molecular complexity index is 400. The smallest absolute Gasteiger partial charge is 0.153 e. The van der Waals surface area contributed by atoms with Crippen molar-refractivity contribution >= 4 is 23.8 Å². The summed E-state index contributed by atoms with van der Waals surface area (Å²) in [7, 11) is 0. The minimum atomic E-state index is 0.422. The fourth-order valence-corrected chi connectivity index (χ4v) is 1.42. The van der Waals surface area contributed by atoms with Crippen LogP contribution in [0, 0.1) is 0 Å². The van der Waals surface area contributed by atoms with Crippen molar-refractivity contribution in [2.75, 3.05) is 6.67 Å². The summed E-state index contributed by atoms with van der Waals surface area (Å²) in [6.07, 6.45) is 1.50. The fraction of sp³-hybridized carbons (Fsp3) is 0.111. The molecule has 2 N–H and O–H groups in total. The minimum Gasteiger partial charge on any atom is -0.272 e. The van der Waals surface area contributed by atoms with E-state index in [4.69, 9.17) is 17.4 Å². The Kier molecular flexibility index (Phi) is 2.47. The standard InChI is InChI=1S/C9H9ClN4/c10-8-3-1-2-7(4-8)9-13-5-12-6-14(9)11/h1-5H,6,11H2. The van der Waals surface area contributed by atoms with Crippen LogP contribution in [0.25, 0.3) is 0 Å². The summed E-state index contributed by atoms with van der Waals surface area (Å²) >= 11 is 5.86. The van der Waals surface area contributed by atoms with Crippen LogP contribution in [0.5, 0.6) is 0 Å². The second-order valence-electron chi connectivity index (χ2n) is 2.87. The van der Waals surface area contributed by atoms with Crippen LogP contribution >= 0.6 is 11.6 Å². The minimum absolute atomic E-state index is 0.422. The fourth-order valence-electron chi connectivity index (χ4n) is 1.23. The molecule has 0 fully saturated rings. The van der Waals surface area contributed by atoms with Gasteiger partial charge in [-0.2, -0.15) is 0 Å². The van der Waals surface area contributed by atoms with E-state index in [-0.39, 0.29) is 0 Å². The predicted molar refractivity (Wildman–Crippen MR) is 57.4 cm³/mol. The highest BCUT2D eigenvalue weighted by Gasteiger charge is 2.11. The van der Waals surface area contributed by atoms with E-state index in [1.165, 1.54) is 11.3 Å². The molecule has 1 aromatic carbocycles. The van der Waals surface area contributed by atoms with Crippen LogP contribution in [0.3, 0.4) is 0 Å². The topological polar surface area (TPSA) is 54.0 Å². The number of halogens is 1. The van der Waals surface area contributed by atoms with Gasteiger partial charge in [0.15, 0.2) is 5.84 Å². The first-order valence-corrected chi connectivity index (χ1v) is 4.49. The zero-order chi connectivity index (χ0) is 9.97. The summed E-state index contributed by atoms with van der Waals surface area (Å²) in [5.41, 5.74) is 0.895. The monoisotopic (exact) mass is 208 g/mol. The molecular formula is C9H9ClN4. The molecule has 1 aliphatic heterocycles. The van der Waals surface area contributed by atoms with Gasteiger partial charge in [0.25, 0.3) is 0 Å². The van der Waals surface area contributed by atoms with Crippen LogP contribution in [-0.2, 0) is 0 Å². The van der Waals surface area contributed by atoms with E-state index in [1.54, 1.807) is 0 Å². The molecule has 1 heterocycles. The van der Waals surface area contributed by atoms with Crippen LogP contribution in [0.2, 0.25) is 5.02 Å². The average Bonchev–Trinajstić information content (AvgIpc) is 2.18. The molecular weight excluding hydrogens is 200 g/mol. The van der Waals surface area contributed by atoms with Crippen molar-refractivity contribution in [1.29, 1.82) is 0 Å². The van der Waals surface area contributed by atoms with Crippen molar-refractivity contribution in [2.24, 2.45) is 15.8 Å². The summed E-state index contributed by atoms with van der Waals surface area (Å²) in [6.45, 7) is 0.422. The molecule has 72 valence electrons. The van der Waals surface area contributed by atoms with Crippen molar-refractivity contribution in [3.05, 3.63) is 34.9 Å². The van der Waals surface area contributed by atoms with E-state index in [2.05, 4.69) is 9.98 Å². The van der Waals surface area contributed by atoms with Gasteiger partial charge in [0, 0.05) is 10.6 Å². The predicted octanol–water partition coefficient (Wildman–Crippen LogP) is 1.26. The van der Waals surface area contributed by atoms with Gasteiger partial charge >= 0.3 is 0 Å². The van der Waals surface area contributed by atoms with Gasteiger partial charge in [-0.3, -0.25) is 10.0 Å². The molecule has 0 aromatic heterocycles. The maximum atomic E-state index is 5.86. The molecule has 14 heavy (non-hydrogen) atoms. The third-order valence-corrected chi connectivity index (χ3v) is 2.09. The number of amidine groups is 1. The normalized spacial score (nSPS) is 15.6. The van der Waals surface area contributed by atoms with Crippen molar-refractivity contribution in [1.82, 2.24) is 5.01 Å². The van der Waals surface area contributed by atoms with E-state index in [0.29, 0.717) is 17.5 Å². The molecule has 4 nitrogen and oxygen atoms in total. The molecule has 5 heteroatoms. The lowest BCUT2D eigenvalue weighted by atomic mass is 10.2. The third-order valence-electron chi connectivity index (χ3n) is 1.85. The maximum absolute atomic E-state index is 5.86. The molecule has 0 amide bonds. The van der Waals surface area contributed by atoms with Crippen LogP contribution < -0.4 is 5.84 Å². The number of nitrogens with two attached hydrogens (primary N) is 1. The van der Waals surface area contributed by atoms with E-state index >= 15 is 0 Å². The Balaban J connectivity index is 2.39. The largest absolute Gasteiger partial charge is 0.272 e. The molecule has 0 spiro atoms. The lowest BCUT2D eigenvalue weighted by Crippen LogP contribution is -2.39. The van der Waals surface area contributed by atoms with Crippen molar-refractivity contribution < 1.29 is 0 Å². The summed E-state index contributed by atoms with van der Waals surface area (Å²) in [5.74, 6) is 6.39. The molecule has 2 rings (SSSR count). The Hall–Kier alpha value is -1.39. The Labute approximate surface area is 86.7 Å². The Morgan fingerprint density at radius 3 is 3.00 bits per heavy atom. The van der Waals surface area contributed by atoms with Gasteiger partial charge in [0.05, 0.1) is 0 Å². The highest BCUT2D eigenvalue weighted by molar-refractivity contribution is 6.31. The van der Waals surface area contributed by atoms with Gasteiger partial charge in [-0.15, -0.1) is 0 Å². The number of nitrogens with zero attached hydrogens (tertiary/aromatic N) is 3. The highest BCUT2D eigenvalue weighted by Crippen LogP contribution is 2.13. The van der Waals surface area contributed by atoms with Crippen molar-refractivity contribution in [2.45, 2.75) is 0 Å². The first kappa shape index (κ1) is 9.18. The average molecular weight is 209 g/mol. The van der Waals surface area contributed by atoms with Crippen LogP contribution in [0.15, 0.2) is 34.3 Å². The molecule has 0 atom stereocenters.